The van der Waals surface area contributed by atoms with Crippen molar-refractivity contribution >= 4 is 27.5 Å². The van der Waals surface area contributed by atoms with Crippen molar-refractivity contribution in [2.24, 2.45) is 5.73 Å². The van der Waals surface area contributed by atoms with Crippen molar-refractivity contribution < 1.29 is 4.74 Å². The fraction of sp³-hybridized carbons (Fsp3) is 0.250. The Labute approximate surface area is 83.8 Å². The molecule has 64 valence electrons. The van der Waals surface area contributed by atoms with Crippen molar-refractivity contribution in [3.63, 3.8) is 0 Å². The number of fused-ring (bicyclic) bond motifs is 1. The van der Waals surface area contributed by atoms with Crippen LogP contribution in [0.2, 0.25) is 5.02 Å². The van der Waals surface area contributed by atoms with Gasteiger partial charge in [-0.05, 0) is 28.1 Å². The molecule has 1 aromatic carbocycles. The summed E-state index contributed by atoms with van der Waals surface area (Å²) in [7, 11) is 0. The molecule has 0 saturated heterocycles. The quantitative estimate of drug-likeness (QED) is 0.766. The Morgan fingerprint density at radius 2 is 2.33 bits per heavy atom. The third kappa shape index (κ3) is 1.13. The van der Waals surface area contributed by atoms with E-state index < -0.39 is 0 Å². The van der Waals surface area contributed by atoms with Crippen LogP contribution in [0.25, 0.3) is 0 Å². The van der Waals surface area contributed by atoms with Gasteiger partial charge in [-0.2, -0.15) is 0 Å². The zero-order chi connectivity index (χ0) is 8.72. The molecule has 2 rings (SSSR count). The summed E-state index contributed by atoms with van der Waals surface area (Å²) >= 11 is 9.36. The monoisotopic (exact) mass is 247 g/mol. The molecule has 0 bridgehead atoms. The fourth-order valence-corrected chi connectivity index (χ4v) is 1.92. The van der Waals surface area contributed by atoms with Crippen molar-refractivity contribution in [1.29, 1.82) is 0 Å². The van der Waals surface area contributed by atoms with Crippen LogP contribution in [0.3, 0.4) is 0 Å². The average molecular weight is 249 g/mol. The molecular formula is C8H7BrClNO. The minimum Gasteiger partial charge on any atom is -0.491 e. The predicted octanol–water partition coefficient (Wildman–Crippen LogP) is 2.49. The van der Waals surface area contributed by atoms with Gasteiger partial charge in [0, 0.05) is 10.0 Å². The summed E-state index contributed by atoms with van der Waals surface area (Å²) in [5.41, 5.74) is 6.69. The van der Waals surface area contributed by atoms with Crippen LogP contribution >= 0.6 is 27.5 Å². The second-order valence-corrected chi connectivity index (χ2v) is 3.92. The zero-order valence-corrected chi connectivity index (χ0v) is 8.52. The number of ether oxygens (including phenoxy) is 1. The van der Waals surface area contributed by atoms with Crippen molar-refractivity contribution in [2.75, 3.05) is 6.61 Å². The first kappa shape index (κ1) is 8.35. The van der Waals surface area contributed by atoms with Crippen LogP contribution in [-0.2, 0) is 0 Å². The van der Waals surface area contributed by atoms with Crippen molar-refractivity contribution in [3.05, 3.63) is 27.2 Å². The van der Waals surface area contributed by atoms with Crippen molar-refractivity contribution in [1.82, 2.24) is 0 Å². The molecule has 0 amide bonds. The molecule has 0 saturated carbocycles. The molecule has 0 fully saturated rings. The van der Waals surface area contributed by atoms with Gasteiger partial charge in [-0.15, -0.1) is 0 Å². The number of benzene rings is 1. The molecule has 1 aliphatic rings. The summed E-state index contributed by atoms with van der Waals surface area (Å²) in [4.78, 5) is 0. The topological polar surface area (TPSA) is 35.2 Å². The zero-order valence-electron chi connectivity index (χ0n) is 6.18. The van der Waals surface area contributed by atoms with Crippen molar-refractivity contribution in [2.45, 2.75) is 6.04 Å². The van der Waals surface area contributed by atoms with Crippen LogP contribution in [0, 0.1) is 0 Å². The van der Waals surface area contributed by atoms with E-state index in [-0.39, 0.29) is 6.04 Å². The van der Waals surface area contributed by atoms with Gasteiger partial charge in [0.2, 0.25) is 0 Å². The van der Waals surface area contributed by atoms with Gasteiger partial charge in [-0.1, -0.05) is 11.6 Å². The second-order valence-electron chi connectivity index (χ2n) is 2.69. The number of hydrogen-bond acceptors (Lipinski definition) is 2. The Morgan fingerprint density at radius 3 is 3.08 bits per heavy atom. The lowest BCUT2D eigenvalue weighted by molar-refractivity contribution is 0.333. The van der Waals surface area contributed by atoms with Gasteiger partial charge >= 0.3 is 0 Å². The largest absolute Gasteiger partial charge is 0.491 e. The van der Waals surface area contributed by atoms with E-state index in [9.17, 15) is 0 Å². The van der Waals surface area contributed by atoms with Gasteiger partial charge in [0.1, 0.15) is 12.4 Å². The number of halogens is 2. The lowest BCUT2D eigenvalue weighted by atomic mass is 10.1. The predicted molar refractivity (Wildman–Crippen MR) is 51.6 cm³/mol. The van der Waals surface area contributed by atoms with E-state index in [0.717, 1.165) is 15.8 Å². The Balaban J connectivity index is 2.63. The maximum Gasteiger partial charge on any atom is 0.125 e. The van der Waals surface area contributed by atoms with Gasteiger partial charge in [0.25, 0.3) is 0 Å². The summed E-state index contributed by atoms with van der Waals surface area (Å²) in [6.07, 6.45) is 0. The summed E-state index contributed by atoms with van der Waals surface area (Å²) in [5.74, 6) is 0.802. The first-order chi connectivity index (χ1) is 5.70. The standard InChI is InChI=1S/C8H7BrClNO/c9-4-1-2-6-7(8(4)10)5(11)3-12-6/h1-2,5H,3,11H2/t5-/m1/s1. The highest BCUT2D eigenvalue weighted by molar-refractivity contribution is 9.10. The highest BCUT2D eigenvalue weighted by Gasteiger charge is 2.24. The fourth-order valence-electron chi connectivity index (χ4n) is 1.28. The molecule has 2 N–H and O–H groups in total. The van der Waals surface area contributed by atoms with Gasteiger partial charge in [0.15, 0.2) is 0 Å². The van der Waals surface area contributed by atoms with Crippen LogP contribution in [0.1, 0.15) is 11.6 Å². The van der Waals surface area contributed by atoms with E-state index in [1.165, 1.54) is 0 Å². The van der Waals surface area contributed by atoms with Crippen LogP contribution in [0.4, 0.5) is 0 Å². The Hall–Kier alpha value is -0.250. The first-order valence-electron chi connectivity index (χ1n) is 3.56. The SMILES string of the molecule is N[C@@H]1COc2ccc(Br)c(Cl)c21. The van der Waals surface area contributed by atoms with Gasteiger partial charge < -0.3 is 10.5 Å². The van der Waals surface area contributed by atoms with Crippen molar-refractivity contribution in [3.8, 4) is 5.75 Å². The molecule has 12 heavy (non-hydrogen) atoms. The molecule has 0 aromatic heterocycles. The minimum absolute atomic E-state index is 0.0926. The molecular weight excluding hydrogens is 241 g/mol. The molecule has 2 nitrogen and oxygen atoms in total. The third-order valence-corrected chi connectivity index (χ3v) is 3.18. The summed E-state index contributed by atoms with van der Waals surface area (Å²) in [6.45, 7) is 0.519. The van der Waals surface area contributed by atoms with Crippen LogP contribution in [0.15, 0.2) is 16.6 Å². The molecule has 1 heterocycles. The normalized spacial score (nSPS) is 20.4. The molecule has 4 heteroatoms. The highest BCUT2D eigenvalue weighted by atomic mass is 79.9. The maximum absolute atomic E-state index is 6.03. The Kier molecular flexibility index (Phi) is 2.02. The molecule has 1 aromatic rings. The Morgan fingerprint density at radius 1 is 1.58 bits per heavy atom. The third-order valence-electron chi connectivity index (χ3n) is 1.88. The van der Waals surface area contributed by atoms with Gasteiger partial charge in [0.05, 0.1) is 11.1 Å². The van der Waals surface area contributed by atoms with E-state index in [4.69, 9.17) is 22.1 Å². The molecule has 0 unspecified atom stereocenters. The van der Waals surface area contributed by atoms with Gasteiger partial charge in [-0.25, -0.2) is 0 Å². The van der Waals surface area contributed by atoms with Crippen LogP contribution < -0.4 is 10.5 Å². The summed E-state index contributed by atoms with van der Waals surface area (Å²) in [6, 6.07) is 3.64. The summed E-state index contributed by atoms with van der Waals surface area (Å²) in [5, 5.41) is 0.664. The molecule has 0 aliphatic carbocycles. The van der Waals surface area contributed by atoms with Crippen LogP contribution in [0.5, 0.6) is 5.75 Å². The van der Waals surface area contributed by atoms with Gasteiger partial charge in [-0.3, -0.25) is 0 Å². The lowest BCUT2D eigenvalue weighted by Gasteiger charge is -2.04. The van der Waals surface area contributed by atoms with E-state index >= 15 is 0 Å². The number of hydrogen-bond donors (Lipinski definition) is 1. The summed E-state index contributed by atoms with van der Waals surface area (Å²) < 4.78 is 6.18. The molecule has 0 radical (unpaired) electrons. The number of nitrogens with two attached hydrogens (primary N) is 1. The highest BCUT2D eigenvalue weighted by Crippen LogP contribution is 2.40. The Bertz CT molecular complexity index is 329. The molecule has 0 spiro atoms. The smallest absolute Gasteiger partial charge is 0.125 e. The average Bonchev–Trinajstić information content (AvgIpc) is 2.41. The van der Waals surface area contributed by atoms with E-state index in [1.54, 1.807) is 0 Å². The molecule has 1 atom stereocenters. The second kappa shape index (κ2) is 2.91. The lowest BCUT2D eigenvalue weighted by Crippen LogP contribution is -2.11. The number of rotatable bonds is 0. The van der Waals surface area contributed by atoms with E-state index in [2.05, 4.69) is 15.9 Å². The maximum atomic E-state index is 6.03. The van der Waals surface area contributed by atoms with E-state index in [0.29, 0.717) is 11.6 Å². The van der Waals surface area contributed by atoms with E-state index in [1.807, 2.05) is 12.1 Å². The first-order valence-corrected chi connectivity index (χ1v) is 4.73. The van der Waals surface area contributed by atoms with Crippen LogP contribution in [-0.4, -0.2) is 6.61 Å². The minimum atomic E-state index is -0.0926. The molecule has 1 aliphatic heterocycles.